The van der Waals surface area contributed by atoms with Gasteiger partial charge in [0.25, 0.3) is 0 Å². The minimum absolute atomic E-state index is 0.00972. The molecule has 1 aromatic rings. The molecule has 1 rings (SSSR count). The van der Waals surface area contributed by atoms with Gasteiger partial charge in [0, 0.05) is 0 Å². The summed E-state index contributed by atoms with van der Waals surface area (Å²) in [7, 11) is 0. The SMILES string of the molecule is C=C(COc1ccc(C(C)C)c(C)c1)C(=O)O. The van der Waals surface area contributed by atoms with Gasteiger partial charge in [-0.25, -0.2) is 4.79 Å². The third-order valence-electron chi connectivity index (χ3n) is 2.58. The van der Waals surface area contributed by atoms with Crippen LogP contribution in [0.15, 0.2) is 30.4 Å². The molecule has 0 aliphatic rings. The highest BCUT2D eigenvalue weighted by Crippen LogP contribution is 2.23. The van der Waals surface area contributed by atoms with Crippen LogP contribution in [-0.2, 0) is 4.79 Å². The molecule has 0 amide bonds. The Balaban J connectivity index is 2.71. The largest absolute Gasteiger partial charge is 0.489 e. The minimum atomic E-state index is -1.03. The molecule has 3 heteroatoms. The number of hydrogen-bond acceptors (Lipinski definition) is 2. The molecule has 92 valence electrons. The Morgan fingerprint density at radius 2 is 2.12 bits per heavy atom. The molecule has 0 bridgehead atoms. The molecule has 1 N–H and O–H groups in total. The van der Waals surface area contributed by atoms with Gasteiger partial charge in [0.05, 0.1) is 5.57 Å². The summed E-state index contributed by atoms with van der Waals surface area (Å²) in [5.41, 5.74) is 2.48. The van der Waals surface area contributed by atoms with E-state index >= 15 is 0 Å². The molecule has 0 fully saturated rings. The quantitative estimate of drug-likeness (QED) is 0.796. The summed E-state index contributed by atoms with van der Waals surface area (Å²) >= 11 is 0. The first kappa shape index (κ1) is 13.3. The molecule has 0 spiro atoms. The van der Waals surface area contributed by atoms with Crippen LogP contribution in [0.2, 0.25) is 0 Å². The van der Waals surface area contributed by atoms with Gasteiger partial charge < -0.3 is 9.84 Å². The van der Waals surface area contributed by atoms with Crippen molar-refractivity contribution in [3.63, 3.8) is 0 Å². The molecule has 3 nitrogen and oxygen atoms in total. The van der Waals surface area contributed by atoms with Gasteiger partial charge in [-0.05, 0) is 36.1 Å². The van der Waals surface area contributed by atoms with E-state index in [4.69, 9.17) is 9.84 Å². The molecular weight excluding hydrogens is 216 g/mol. The molecular formula is C14H18O3. The molecule has 0 radical (unpaired) electrons. The number of benzene rings is 1. The lowest BCUT2D eigenvalue weighted by atomic mass is 9.98. The Kier molecular flexibility index (Phi) is 4.32. The maximum atomic E-state index is 10.6. The molecule has 17 heavy (non-hydrogen) atoms. The van der Waals surface area contributed by atoms with Crippen LogP contribution < -0.4 is 4.74 Å². The van der Waals surface area contributed by atoms with Crippen LogP contribution in [0.4, 0.5) is 0 Å². The first-order valence-electron chi connectivity index (χ1n) is 5.56. The van der Waals surface area contributed by atoms with Gasteiger partial charge >= 0.3 is 5.97 Å². The fraction of sp³-hybridized carbons (Fsp3) is 0.357. The topological polar surface area (TPSA) is 46.5 Å². The van der Waals surface area contributed by atoms with Crippen LogP contribution in [0.1, 0.15) is 30.9 Å². The number of carbonyl (C=O) groups is 1. The smallest absolute Gasteiger partial charge is 0.334 e. The monoisotopic (exact) mass is 234 g/mol. The average molecular weight is 234 g/mol. The predicted octanol–water partition coefficient (Wildman–Crippen LogP) is 3.14. The minimum Gasteiger partial charge on any atom is -0.489 e. The van der Waals surface area contributed by atoms with Crippen LogP contribution in [0.5, 0.6) is 5.75 Å². The molecule has 0 saturated carbocycles. The number of ether oxygens (including phenoxy) is 1. The van der Waals surface area contributed by atoms with Crippen LogP contribution in [0, 0.1) is 6.92 Å². The van der Waals surface area contributed by atoms with E-state index in [1.54, 1.807) is 0 Å². The standard InChI is InChI=1S/C14H18O3/c1-9(2)13-6-5-12(7-10(13)3)17-8-11(4)14(15)16/h5-7,9H,4,8H2,1-3H3,(H,15,16). The van der Waals surface area contributed by atoms with Crippen molar-refractivity contribution in [1.82, 2.24) is 0 Å². The number of hydrogen-bond donors (Lipinski definition) is 1. The van der Waals surface area contributed by atoms with Crippen LogP contribution in [-0.4, -0.2) is 17.7 Å². The summed E-state index contributed by atoms with van der Waals surface area (Å²) in [6.07, 6.45) is 0. The Bertz CT molecular complexity index is 433. The van der Waals surface area contributed by atoms with Gasteiger partial charge in [0.1, 0.15) is 12.4 Å². The zero-order chi connectivity index (χ0) is 13.0. The number of aryl methyl sites for hydroxylation is 1. The van der Waals surface area contributed by atoms with E-state index < -0.39 is 5.97 Å². The summed E-state index contributed by atoms with van der Waals surface area (Å²) in [6.45, 7) is 9.71. The summed E-state index contributed by atoms with van der Waals surface area (Å²) in [4.78, 5) is 10.6. The summed E-state index contributed by atoms with van der Waals surface area (Å²) < 4.78 is 5.36. The predicted molar refractivity (Wildman–Crippen MR) is 67.5 cm³/mol. The zero-order valence-corrected chi connectivity index (χ0v) is 10.5. The second kappa shape index (κ2) is 5.53. The maximum Gasteiger partial charge on any atom is 0.334 e. The fourth-order valence-corrected chi connectivity index (χ4v) is 1.62. The van der Waals surface area contributed by atoms with E-state index in [2.05, 4.69) is 20.4 Å². The Hall–Kier alpha value is -1.77. The number of aliphatic carboxylic acids is 1. The highest BCUT2D eigenvalue weighted by Gasteiger charge is 2.07. The van der Waals surface area contributed by atoms with Gasteiger partial charge in [0.2, 0.25) is 0 Å². The normalized spacial score (nSPS) is 10.4. The van der Waals surface area contributed by atoms with Gasteiger partial charge in [-0.3, -0.25) is 0 Å². The molecule has 0 aromatic heterocycles. The van der Waals surface area contributed by atoms with Crippen LogP contribution in [0.25, 0.3) is 0 Å². The molecule has 1 aromatic carbocycles. The van der Waals surface area contributed by atoms with Gasteiger partial charge in [0.15, 0.2) is 0 Å². The lowest BCUT2D eigenvalue weighted by molar-refractivity contribution is -0.133. The molecule has 0 saturated heterocycles. The first-order valence-corrected chi connectivity index (χ1v) is 5.56. The van der Waals surface area contributed by atoms with E-state index in [0.29, 0.717) is 11.7 Å². The molecule has 0 unspecified atom stereocenters. The van der Waals surface area contributed by atoms with Crippen LogP contribution >= 0.6 is 0 Å². The number of carboxylic acids is 1. The molecule has 0 aliphatic heterocycles. The maximum absolute atomic E-state index is 10.6. The highest BCUT2D eigenvalue weighted by molar-refractivity contribution is 5.86. The third kappa shape index (κ3) is 3.63. The van der Waals surface area contributed by atoms with Crippen molar-refractivity contribution in [3.05, 3.63) is 41.5 Å². The fourth-order valence-electron chi connectivity index (χ4n) is 1.62. The molecule has 0 aliphatic carbocycles. The highest BCUT2D eigenvalue weighted by atomic mass is 16.5. The van der Waals surface area contributed by atoms with Gasteiger partial charge in [-0.1, -0.05) is 26.5 Å². The van der Waals surface area contributed by atoms with E-state index in [0.717, 1.165) is 5.56 Å². The van der Waals surface area contributed by atoms with Crippen molar-refractivity contribution in [2.24, 2.45) is 0 Å². The van der Waals surface area contributed by atoms with Crippen molar-refractivity contribution in [2.45, 2.75) is 26.7 Å². The second-order valence-corrected chi connectivity index (χ2v) is 4.37. The Morgan fingerprint density at radius 1 is 1.47 bits per heavy atom. The summed E-state index contributed by atoms with van der Waals surface area (Å²) in [5, 5.41) is 8.65. The lowest BCUT2D eigenvalue weighted by Crippen LogP contribution is -2.09. The van der Waals surface area contributed by atoms with E-state index in [1.807, 2.05) is 25.1 Å². The second-order valence-electron chi connectivity index (χ2n) is 4.37. The van der Waals surface area contributed by atoms with Crippen molar-refractivity contribution in [3.8, 4) is 5.75 Å². The Morgan fingerprint density at radius 3 is 2.59 bits per heavy atom. The van der Waals surface area contributed by atoms with Crippen molar-refractivity contribution in [2.75, 3.05) is 6.61 Å². The summed E-state index contributed by atoms with van der Waals surface area (Å²) in [6, 6.07) is 5.79. The van der Waals surface area contributed by atoms with Crippen molar-refractivity contribution < 1.29 is 14.6 Å². The summed E-state index contributed by atoms with van der Waals surface area (Å²) in [5.74, 6) is 0.118. The average Bonchev–Trinajstić information content (AvgIpc) is 2.25. The number of rotatable bonds is 5. The van der Waals surface area contributed by atoms with E-state index in [1.165, 1.54) is 5.56 Å². The van der Waals surface area contributed by atoms with Crippen molar-refractivity contribution >= 4 is 5.97 Å². The van der Waals surface area contributed by atoms with Gasteiger partial charge in [-0.15, -0.1) is 0 Å². The number of carboxylic acid groups (broad SMARTS) is 1. The third-order valence-corrected chi connectivity index (χ3v) is 2.58. The lowest BCUT2D eigenvalue weighted by Gasteiger charge is -2.12. The van der Waals surface area contributed by atoms with E-state index in [9.17, 15) is 4.79 Å². The zero-order valence-electron chi connectivity index (χ0n) is 10.5. The molecule has 0 heterocycles. The van der Waals surface area contributed by atoms with Crippen LogP contribution in [0.3, 0.4) is 0 Å². The van der Waals surface area contributed by atoms with Gasteiger partial charge in [-0.2, -0.15) is 0 Å². The molecule has 0 atom stereocenters. The Labute approximate surface area is 102 Å². The van der Waals surface area contributed by atoms with E-state index in [-0.39, 0.29) is 12.2 Å². The van der Waals surface area contributed by atoms with Crippen molar-refractivity contribution in [1.29, 1.82) is 0 Å². The first-order chi connectivity index (χ1) is 7.91.